The van der Waals surface area contributed by atoms with Gasteiger partial charge in [-0.05, 0) is 24.3 Å². The largest absolute Gasteiger partial charge is 0.478 e. The monoisotopic (exact) mass is 310 g/mol. The zero-order chi connectivity index (χ0) is 15.6. The van der Waals surface area contributed by atoms with Crippen molar-refractivity contribution >= 4 is 34.6 Å². The van der Waals surface area contributed by atoms with Gasteiger partial charge in [-0.25, -0.2) is 9.18 Å². The van der Waals surface area contributed by atoms with E-state index in [0.29, 0.717) is 0 Å². The van der Waals surface area contributed by atoms with Crippen LogP contribution < -0.4 is 5.32 Å². The number of nitrogens with one attached hydrogen (secondary N) is 1. The van der Waals surface area contributed by atoms with E-state index in [-0.39, 0.29) is 22.0 Å². The first kappa shape index (κ1) is 14.7. The Morgan fingerprint density at radius 3 is 2.67 bits per heavy atom. The van der Waals surface area contributed by atoms with Gasteiger partial charge in [0.05, 0.1) is 16.2 Å². The number of rotatable bonds is 4. The topological polar surface area (TPSA) is 92.5 Å². The lowest BCUT2D eigenvalue weighted by molar-refractivity contribution is -0.383. The number of nitro benzene ring substituents is 1. The van der Waals surface area contributed by atoms with E-state index in [0.717, 1.165) is 12.1 Å². The number of hydrogen-bond acceptors (Lipinski definition) is 4. The van der Waals surface area contributed by atoms with Crippen molar-refractivity contribution in [2.75, 3.05) is 5.32 Å². The summed E-state index contributed by atoms with van der Waals surface area (Å²) in [7, 11) is 0. The van der Waals surface area contributed by atoms with Crippen LogP contribution in [0.1, 0.15) is 10.4 Å². The Balaban J connectivity index is 2.59. The third-order valence-corrected chi connectivity index (χ3v) is 2.89. The number of halogens is 2. The number of carbonyl (C=O) groups is 1. The molecule has 2 rings (SSSR count). The standard InChI is InChI=1S/C13H8ClFN2O4/c14-7-4-5-9(15)10(6-7)16-12-8(13(18)19)2-1-3-11(12)17(20)21/h1-6,16H,(H,18,19). The van der Waals surface area contributed by atoms with Crippen LogP contribution in [-0.2, 0) is 0 Å². The van der Waals surface area contributed by atoms with Crippen molar-refractivity contribution in [1.29, 1.82) is 0 Å². The predicted molar refractivity (Wildman–Crippen MR) is 74.7 cm³/mol. The van der Waals surface area contributed by atoms with E-state index in [2.05, 4.69) is 5.32 Å². The fourth-order valence-corrected chi connectivity index (χ4v) is 1.90. The molecule has 0 aliphatic carbocycles. The molecule has 0 saturated carbocycles. The SMILES string of the molecule is O=C(O)c1cccc([N+](=O)[O-])c1Nc1cc(Cl)ccc1F. The van der Waals surface area contributed by atoms with E-state index in [9.17, 15) is 19.3 Å². The molecule has 108 valence electrons. The zero-order valence-corrected chi connectivity index (χ0v) is 11.1. The van der Waals surface area contributed by atoms with Crippen LogP contribution in [-0.4, -0.2) is 16.0 Å². The third kappa shape index (κ3) is 3.09. The number of nitrogens with zero attached hydrogens (tertiary/aromatic N) is 1. The van der Waals surface area contributed by atoms with Crippen molar-refractivity contribution in [3.8, 4) is 0 Å². The average molecular weight is 311 g/mol. The number of benzene rings is 2. The second-order valence-electron chi connectivity index (χ2n) is 4.01. The van der Waals surface area contributed by atoms with Crippen LogP contribution in [0, 0.1) is 15.9 Å². The molecule has 0 saturated heterocycles. The first-order valence-corrected chi connectivity index (χ1v) is 6.00. The molecule has 2 aromatic rings. The highest BCUT2D eigenvalue weighted by molar-refractivity contribution is 6.30. The molecule has 0 spiro atoms. The fourth-order valence-electron chi connectivity index (χ4n) is 1.73. The van der Waals surface area contributed by atoms with Crippen molar-refractivity contribution < 1.29 is 19.2 Å². The normalized spacial score (nSPS) is 10.2. The molecule has 0 aliphatic rings. The van der Waals surface area contributed by atoms with Gasteiger partial charge < -0.3 is 10.4 Å². The lowest BCUT2D eigenvalue weighted by atomic mass is 10.1. The van der Waals surface area contributed by atoms with Crippen LogP contribution in [0.25, 0.3) is 0 Å². The minimum Gasteiger partial charge on any atom is -0.478 e. The van der Waals surface area contributed by atoms with Gasteiger partial charge in [-0.3, -0.25) is 10.1 Å². The molecule has 21 heavy (non-hydrogen) atoms. The van der Waals surface area contributed by atoms with Crippen molar-refractivity contribution in [3.63, 3.8) is 0 Å². The Morgan fingerprint density at radius 2 is 2.05 bits per heavy atom. The Labute approximate surface area is 122 Å². The van der Waals surface area contributed by atoms with Crippen LogP contribution in [0.4, 0.5) is 21.5 Å². The number of carboxylic acids is 1. The molecule has 0 fully saturated rings. The smallest absolute Gasteiger partial charge is 0.338 e. The van der Waals surface area contributed by atoms with E-state index >= 15 is 0 Å². The highest BCUT2D eigenvalue weighted by atomic mass is 35.5. The maximum Gasteiger partial charge on any atom is 0.338 e. The predicted octanol–water partition coefficient (Wildman–Crippen LogP) is 3.83. The van der Waals surface area contributed by atoms with Gasteiger partial charge in [0.15, 0.2) is 0 Å². The summed E-state index contributed by atoms with van der Waals surface area (Å²) in [5.41, 5.74) is -1.28. The highest BCUT2D eigenvalue weighted by Gasteiger charge is 2.22. The Bertz CT molecular complexity index is 704. The van der Waals surface area contributed by atoms with E-state index in [1.165, 1.54) is 24.3 Å². The number of hydrogen-bond donors (Lipinski definition) is 2. The summed E-state index contributed by atoms with van der Waals surface area (Å²) in [6.45, 7) is 0. The molecule has 0 amide bonds. The van der Waals surface area contributed by atoms with Gasteiger partial charge in [0.25, 0.3) is 5.69 Å². The Hall–Kier alpha value is -2.67. The minimum absolute atomic E-state index is 0.153. The van der Waals surface area contributed by atoms with E-state index in [1.807, 2.05) is 0 Å². The average Bonchev–Trinajstić information content (AvgIpc) is 2.42. The number of nitro groups is 1. The van der Waals surface area contributed by atoms with Gasteiger partial charge in [0.1, 0.15) is 11.5 Å². The maximum atomic E-state index is 13.7. The molecule has 0 atom stereocenters. The van der Waals surface area contributed by atoms with Crippen LogP contribution >= 0.6 is 11.6 Å². The maximum absolute atomic E-state index is 13.7. The first-order chi connectivity index (χ1) is 9.90. The van der Waals surface area contributed by atoms with Crippen molar-refractivity contribution in [2.45, 2.75) is 0 Å². The molecule has 8 heteroatoms. The van der Waals surface area contributed by atoms with Gasteiger partial charge in [-0.1, -0.05) is 17.7 Å². The molecular weight excluding hydrogens is 303 g/mol. The van der Waals surface area contributed by atoms with Gasteiger partial charge >= 0.3 is 5.97 Å². The lowest BCUT2D eigenvalue weighted by Crippen LogP contribution is -2.06. The van der Waals surface area contributed by atoms with Gasteiger partial charge in [0, 0.05) is 11.1 Å². The first-order valence-electron chi connectivity index (χ1n) is 5.63. The Morgan fingerprint density at radius 1 is 1.33 bits per heavy atom. The Kier molecular flexibility index (Phi) is 4.04. The van der Waals surface area contributed by atoms with E-state index < -0.39 is 22.4 Å². The minimum atomic E-state index is -1.37. The summed E-state index contributed by atoms with van der Waals surface area (Å²) in [6, 6.07) is 7.12. The van der Waals surface area contributed by atoms with Crippen LogP contribution in [0.5, 0.6) is 0 Å². The summed E-state index contributed by atoms with van der Waals surface area (Å²) in [5, 5.41) is 22.7. The van der Waals surface area contributed by atoms with Crippen molar-refractivity contribution in [2.24, 2.45) is 0 Å². The number of para-hydroxylation sites is 1. The fraction of sp³-hybridized carbons (Fsp3) is 0. The van der Waals surface area contributed by atoms with Crippen LogP contribution in [0.3, 0.4) is 0 Å². The second-order valence-corrected chi connectivity index (χ2v) is 4.45. The quantitative estimate of drug-likeness (QED) is 0.661. The van der Waals surface area contributed by atoms with Gasteiger partial charge in [0.2, 0.25) is 0 Å². The van der Waals surface area contributed by atoms with E-state index in [1.54, 1.807) is 0 Å². The van der Waals surface area contributed by atoms with Gasteiger partial charge in [-0.2, -0.15) is 0 Å². The molecule has 0 bridgehead atoms. The van der Waals surface area contributed by atoms with Gasteiger partial charge in [-0.15, -0.1) is 0 Å². The molecule has 0 aromatic heterocycles. The molecule has 0 aliphatic heterocycles. The summed E-state index contributed by atoms with van der Waals surface area (Å²) in [6.07, 6.45) is 0. The summed E-state index contributed by atoms with van der Waals surface area (Å²) in [4.78, 5) is 21.4. The third-order valence-electron chi connectivity index (χ3n) is 2.66. The summed E-state index contributed by atoms with van der Waals surface area (Å²) >= 11 is 5.73. The highest BCUT2D eigenvalue weighted by Crippen LogP contribution is 2.33. The molecule has 6 nitrogen and oxygen atoms in total. The molecule has 0 radical (unpaired) electrons. The molecule has 2 N–H and O–H groups in total. The van der Waals surface area contributed by atoms with Crippen molar-refractivity contribution in [1.82, 2.24) is 0 Å². The molecular formula is C13H8ClFN2O4. The zero-order valence-electron chi connectivity index (χ0n) is 10.3. The summed E-state index contributed by atoms with van der Waals surface area (Å²) < 4.78 is 13.7. The van der Waals surface area contributed by atoms with Crippen LogP contribution in [0.2, 0.25) is 5.02 Å². The van der Waals surface area contributed by atoms with E-state index in [4.69, 9.17) is 16.7 Å². The van der Waals surface area contributed by atoms with Crippen molar-refractivity contribution in [3.05, 3.63) is 62.9 Å². The van der Waals surface area contributed by atoms with Crippen LogP contribution in [0.15, 0.2) is 36.4 Å². The molecule has 0 heterocycles. The molecule has 2 aromatic carbocycles. The second kappa shape index (κ2) is 5.76. The lowest BCUT2D eigenvalue weighted by Gasteiger charge is -2.11. The number of carboxylic acid groups (broad SMARTS) is 1. The number of aromatic carboxylic acids is 1. The molecule has 0 unspecified atom stereocenters. The summed E-state index contributed by atoms with van der Waals surface area (Å²) in [5.74, 6) is -2.09. The number of anilines is 2.